The van der Waals surface area contributed by atoms with Crippen LogP contribution >= 0.6 is 34.9 Å². The molecule has 34 heavy (non-hydrogen) atoms. The van der Waals surface area contributed by atoms with Crippen molar-refractivity contribution in [3.8, 4) is 0 Å². The maximum atomic E-state index is 13.0. The number of thioether (sulfide) groups is 2. The van der Waals surface area contributed by atoms with Gasteiger partial charge in [0.05, 0.1) is 24.3 Å². The minimum Gasteiger partial charge on any atom is -1.00 e. The molecule has 2 saturated heterocycles. The van der Waals surface area contributed by atoms with Crippen molar-refractivity contribution in [2.45, 2.75) is 36.1 Å². The zero-order valence-electron chi connectivity index (χ0n) is 19.5. The molecule has 2 aromatic rings. The molecule has 4 atom stereocenters. The molecule has 0 saturated carbocycles. The van der Waals surface area contributed by atoms with Crippen LogP contribution in [0.15, 0.2) is 22.7 Å². The number of aliphatic hydroxyl groups excluding tert-OH is 2. The van der Waals surface area contributed by atoms with Crippen molar-refractivity contribution in [1.82, 2.24) is 25.1 Å². The summed E-state index contributed by atoms with van der Waals surface area (Å²) in [5.41, 5.74) is -1.23. The van der Waals surface area contributed by atoms with Crippen molar-refractivity contribution < 1.29 is 60.7 Å². The number of fused-ring (bicyclic) bond motifs is 1. The van der Waals surface area contributed by atoms with Crippen LogP contribution in [0.1, 0.15) is 8.35 Å². The van der Waals surface area contributed by atoms with Crippen molar-refractivity contribution in [3.05, 3.63) is 17.5 Å². The number of hydrogen-bond acceptors (Lipinski definition) is 11. The maximum absolute atomic E-state index is 13.0. The Labute approximate surface area is 230 Å². The monoisotopic (exact) mass is 538 g/mol. The predicted octanol–water partition coefficient (Wildman–Crippen LogP) is -3.30. The predicted molar refractivity (Wildman–Crippen MR) is 122 cm³/mol. The zero-order chi connectivity index (χ0) is 23.8. The van der Waals surface area contributed by atoms with Crippen LogP contribution in [0.3, 0.4) is 0 Å². The number of aliphatic carboxylic acids is 1. The number of nitrogens with zero attached hydrogens (tertiary/aromatic N) is 6. The maximum Gasteiger partial charge on any atom is 1.00 e. The summed E-state index contributed by atoms with van der Waals surface area (Å²) in [6.45, 7) is 0.944. The smallest absolute Gasteiger partial charge is 1.00 e. The van der Waals surface area contributed by atoms with Crippen LogP contribution < -0.4 is 34.5 Å². The molecule has 0 bridgehead atoms. The molecule has 4 rings (SSSR count). The number of aliphatic hydroxyl groups is 2. The van der Waals surface area contributed by atoms with Gasteiger partial charge in [-0.25, -0.2) is 4.68 Å². The zero-order valence-corrected chi connectivity index (χ0v) is 22.9. The summed E-state index contributed by atoms with van der Waals surface area (Å²) < 4.78 is 1.30. The van der Waals surface area contributed by atoms with E-state index in [1.165, 1.54) is 44.5 Å². The topological polar surface area (TPSA) is 162 Å². The second-order valence-electron chi connectivity index (χ2n) is 7.81. The first-order chi connectivity index (χ1) is 15.8. The number of thiophene rings is 1. The fourth-order valence-corrected chi connectivity index (χ4v) is 7.36. The number of anilines is 1. The molecule has 2 amide bonds. The third kappa shape index (κ3) is 5.16. The Hall–Kier alpha value is -1.20. The number of amides is 2. The Morgan fingerprint density at radius 3 is 2.85 bits per heavy atom. The van der Waals surface area contributed by atoms with Crippen LogP contribution in [0.25, 0.3) is 0 Å². The average molecular weight is 539 g/mol. The number of carbonyl (C=O) groups is 3. The summed E-state index contributed by atoms with van der Waals surface area (Å²) in [6.07, 6.45) is -1.05. The van der Waals surface area contributed by atoms with Gasteiger partial charge >= 0.3 is 35.5 Å². The number of β-lactam (4-membered cyclic amide) rings is 1. The van der Waals surface area contributed by atoms with E-state index in [4.69, 9.17) is 5.11 Å². The number of carboxylic acid groups (broad SMARTS) is 1. The number of aromatic nitrogens is 4. The second-order valence-corrected chi connectivity index (χ2v) is 10.8. The molecule has 0 radical (unpaired) electrons. The van der Waals surface area contributed by atoms with E-state index >= 15 is 0 Å². The Morgan fingerprint density at radius 2 is 2.24 bits per heavy atom. The van der Waals surface area contributed by atoms with Crippen LogP contribution in [-0.4, -0.2) is 100 Å². The molecular weight excluding hydrogens is 515 g/mol. The van der Waals surface area contributed by atoms with Gasteiger partial charge in [0.15, 0.2) is 0 Å². The first kappa shape index (κ1) is 27.4. The van der Waals surface area contributed by atoms with E-state index in [9.17, 15) is 24.6 Å². The standard InChI is InChI=1S/C18H22N6O6S3.Na.H/c1-10(26)24(12-3-2-4-31-12)13-14(28)22-7-18(16(29)30,8-32-15(13)22)9-33-17-19-20-21-23(17)5-11(27)6-25;;/h2-4,11,13,15,25,27H,5-9H2,1H3,(H,29,30);;/q;+1;-1/t11?,13?,15-,18?;;/m1../s1. The number of tetrazole rings is 1. The summed E-state index contributed by atoms with van der Waals surface area (Å²) >= 11 is 3.84. The molecule has 2 aliphatic heterocycles. The second kappa shape index (κ2) is 11.2. The van der Waals surface area contributed by atoms with Gasteiger partial charge in [-0.05, 0) is 27.9 Å². The van der Waals surface area contributed by atoms with Crippen molar-refractivity contribution in [2.75, 3.05) is 29.6 Å². The molecule has 16 heteroatoms. The summed E-state index contributed by atoms with van der Waals surface area (Å²) in [6, 6.07) is 2.94. The minimum absolute atomic E-state index is 0. The Kier molecular flexibility index (Phi) is 9.06. The van der Waals surface area contributed by atoms with Crippen LogP contribution in [0.5, 0.6) is 0 Å². The van der Waals surface area contributed by atoms with E-state index in [0.717, 1.165) is 11.8 Å². The third-order valence-corrected chi connectivity index (χ3v) is 9.19. The van der Waals surface area contributed by atoms with Crippen LogP contribution in [0.2, 0.25) is 0 Å². The van der Waals surface area contributed by atoms with Crippen LogP contribution in [0.4, 0.5) is 5.00 Å². The molecule has 2 aromatic heterocycles. The molecular formula is C18H23N6NaO6S3. The fraction of sp³-hybridized carbons (Fsp3) is 0.556. The summed E-state index contributed by atoms with van der Waals surface area (Å²) in [4.78, 5) is 40.6. The Bertz CT molecular complexity index is 1050. The van der Waals surface area contributed by atoms with Gasteiger partial charge in [0.2, 0.25) is 17.0 Å². The van der Waals surface area contributed by atoms with Gasteiger partial charge in [-0.3, -0.25) is 19.3 Å². The van der Waals surface area contributed by atoms with Crippen LogP contribution in [-0.2, 0) is 20.9 Å². The quantitative estimate of drug-likeness (QED) is 0.167. The van der Waals surface area contributed by atoms with E-state index in [0.29, 0.717) is 10.2 Å². The fourth-order valence-electron chi connectivity index (χ4n) is 3.76. The molecule has 3 N–H and O–H groups in total. The van der Waals surface area contributed by atoms with E-state index in [-0.39, 0.29) is 72.8 Å². The first-order valence-electron chi connectivity index (χ1n) is 9.94. The Morgan fingerprint density at radius 1 is 1.47 bits per heavy atom. The molecule has 12 nitrogen and oxygen atoms in total. The summed E-state index contributed by atoms with van der Waals surface area (Å²) in [5, 5.41) is 42.4. The first-order valence-corrected chi connectivity index (χ1v) is 12.9. The summed E-state index contributed by atoms with van der Waals surface area (Å²) in [7, 11) is 0. The normalized spacial score (nSPS) is 24.6. The largest absolute Gasteiger partial charge is 1.00 e. The van der Waals surface area contributed by atoms with Crippen molar-refractivity contribution in [3.63, 3.8) is 0 Å². The molecule has 0 spiro atoms. The van der Waals surface area contributed by atoms with E-state index in [1.54, 1.807) is 6.07 Å². The number of rotatable bonds is 9. The Balaban J connectivity index is 0.00000216. The van der Waals surface area contributed by atoms with Gasteiger partial charge in [0.25, 0.3) is 0 Å². The average Bonchev–Trinajstić information content (AvgIpc) is 3.47. The molecule has 0 aliphatic carbocycles. The van der Waals surface area contributed by atoms with Gasteiger partial charge in [0.1, 0.15) is 16.8 Å². The molecule has 4 heterocycles. The SMILES string of the molecule is CC(=O)N(c1cccs1)C1C(=O)N2CC(CSc3nnnn3CC(O)CO)(C(=O)O)CS[C@H]12.[H-].[Na+]. The van der Waals surface area contributed by atoms with Crippen molar-refractivity contribution >= 4 is 57.6 Å². The van der Waals surface area contributed by atoms with E-state index < -0.39 is 30.1 Å². The van der Waals surface area contributed by atoms with Gasteiger partial charge in [0, 0.05) is 25.0 Å². The van der Waals surface area contributed by atoms with Gasteiger partial charge < -0.3 is 21.6 Å². The summed E-state index contributed by atoms with van der Waals surface area (Å²) in [5.74, 6) is -1.20. The van der Waals surface area contributed by atoms with Gasteiger partial charge in [-0.15, -0.1) is 28.2 Å². The van der Waals surface area contributed by atoms with E-state index in [2.05, 4.69) is 15.5 Å². The number of carbonyl (C=O) groups excluding carboxylic acids is 2. The van der Waals surface area contributed by atoms with Crippen molar-refractivity contribution in [2.24, 2.45) is 5.41 Å². The molecule has 2 aliphatic rings. The third-order valence-electron chi connectivity index (χ3n) is 5.50. The van der Waals surface area contributed by atoms with Crippen molar-refractivity contribution in [1.29, 1.82) is 0 Å². The number of carboxylic acids is 1. The van der Waals surface area contributed by atoms with Crippen LogP contribution in [0, 0.1) is 5.41 Å². The minimum atomic E-state index is -1.23. The number of hydrogen-bond donors (Lipinski definition) is 3. The molecule has 2 fully saturated rings. The molecule has 3 unspecified atom stereocenters. The molecule has 180 valence electrons. The molecule has 0 aromatic carbocycles. The van der Waals surface area contributed by atoms with E-state index in [1.807, 2.05) is 11.4 Å². The van der Waals surface area contributed by atoms with Gasteiger partial charge in [-0.1, -0.05) is 11.8 Å². The van der Waals surface area contributed by atoms with Gasteiger partial charge in [-0.2, -0.15) is 0 Å².